The van der Waals surface area contributed by atoms with Crippen LogP contribution < -0.4 is 14.8 Å². The lowest BCUT2D eigenvalue weighted by Crippen LogP contribution is -2.33. The standard InChI is InChI=1S/C11H15NO3/c1-8(11(13)12-2)15-10-6-4-9(14-3)5-7-10/h4-8H,1-3H3,(H,12,13)/t8-/m1/s1. The number of hydrogen-bond acceptors (Lipinski definition) is 3. The molecule has 0 aliphatic carbocycles. The molecule has 0 fully saturated rings. The zero-order valence-corrected chi connectivity index (χ0v) is 9.11. The topological polar surface area (TPSA) is 47.6 Å². The maximum Gasteiger partial charge on any atom is 0.260 e. The maximum atomic E-state index is 11.2. The van der Waals surface area contributed by atoms with E-state index in [4.69, 9.17) is 9.47 Å². The summed E-state index contributed by atoms with van der Waals surface area (Å²) in [4.78, 5) is 11.2. The molecule has 0 aliphatic heterocycles. The normalized spacial score (nSPS) is 11.7. The van der Waals surface area contributed by atoms with Gasteiger partial charge in [0.25, 0.3) is 5.91 Å². The Balaban J connectivity index is 2.60. The van der Waals surface area contributed by atoms with Crippen LogP contribution in [-0.2, 0) is 4.79 Å². The van der Waals surface area contributed by atoms with Crippen LogP contribution in [0.3, 0.4) is 0 Å². The third-order valence-electron chi connectivity index (χ3n) is 1.99. The first kappa shape index (κ1) is 11.4. The van der Waals surface area contributed by atoms with Gasteiger partial charge in [0.1, 0.15) is 11.5 Å². The Morgan fingerprint density at radius 3 is 2.27 bits per heavy atom. The Kier molecular flexibility index (Phi) is 3.97. The molecule has 0 spiro atoms. The predicted molar refractivity (Wildman–Crippen MR) is 57.2 cm³/mol. The molecule has 1 N–H and O–H groups in total. The Bertz CT molecular complexity index is 321. The SMILES string of the molecule is CNC(=O)[C@@H](C)Oc1ccc(OC)cc1. The second-order valence-electron chi connectivity index (χ2n) is 3.05. The summed E-state index contributed by atoms with van der Waals surface area (Å²) in [7, 11) is 3.18. The zero-order chi connectivity index (χ0) is 11.3. The Morgan fingerprint density at radius 1 is 1.27 bits per heavy atom. The molecule has 1 rings (SSSR count). The third kappa shape index (κ3) is 3.16. The molecule has 0 aromatic heterocycles. The number of carbonyl (C=O) groups excluding carboxylic acids is 1. The van der Waals surface area contributed by atoms with Crippen LogP contribution in [0.1, 0.15) is 6.92 Å². The summed E-state index contributed by atoms with van der Waals surface area (Å²) in [6.45, 7) is 1.70. The Hall–Kier alpha value is -1.71. The van der Waals surface area contributed by atoms with Gasteiger partial charge in [-0.05, 0) is 31.2 Å². The lowest BCUT2D eigenvalue weighted by Gasteiger charge is -2.13. The largest absolute Gasteiger partial charge is 0.497 e. The van der Waals surface area contributed by atoms with E-state index in [1.165, 1.54) is 0 Å². The Labute approximate surface area is 89.2 Å². The fraction of sp³-hybridized carbons (Fsp3) is 0.364. The van der Waals surface area contributed by atoms with Gasteiger partial charge in [-0.15, -0.1) is 0 Å². The van der Waals surface area contributed by atoms with Crippen LogP contribution >= 0.6 is 0 Å². The van der Waals surface area contributed by atoms with Gasteiger partial charge in [-0.2, -0.15) is 0 Å². The van der Waals surface area contributed by atoms with Crippen molar-refractivity contribution >= 4 is 5.91 Å². The van der Waals surface area contributed by atoms with Crippen LogP contribution in [0.15, 0.2) is 24.3 Å². The highest BCUT2D eigenvalue weighted by atomic mass is 16.5. The first-order valence-electron chi connectivity index (χ1n) is 4.69. The Morgan fingerprint density at radius 2 is 1.80 bits per heavy atom. The van der Waals surface area contributed by atoms with Crippen LogP contribution in [0.5, 0.6) is 11.5 Å². The molecule has 1 amide bonds. The number of methoxy groups -OCH3 is 1. The van der Waals surface area contributed by atoms with Gasteiger partial charge in [0, 0.05) is 7.05 Å². The van der Waals surface area contributed by atoms with Crippen LogP contribution in [-0.4, -0.2) is 26.2 Å². The highest BCUT2D eigenvalue weighted by Gasteiger charge is 2.11. The molecule has 0 saturated carbocycles. The van der Waals surface area contributed by atoms with Gasteiger partial charge in [-0.25, -0.2) is 0 Å². The van der Waals surface area contributed by atoms with Gasteiger partial charge in [-0.3, -0.25) is 4.79 Å². The van der Waals surface area contributed by atoms with Crippen molar-refractivity contribution in [2.75, 3.05) is 14.2 Å². The molecule has 1 atom stereocenters. The quantitative estimate of drug-likeness (QED) is 0.810. The van der Waals surface area contributed by atoms with Crippen LogP contribution in [0.25, 0.3) is 0 Å². The summed E-state index contributed by atoms with van der Waals surface area (Å²) in [5.41, 5.74) is 0. The summed E-state index contributed by atoms with van der Waals surface area (Å²) in [6, 6.07) is 7.09. The van der Waals surface area contributed by atoms with Crippen molar-refractivity contribution in [3.63, 3.8) is 0 Å². The van der Waals surface area contributed by atoms with Gasteiger partial charge in [-0.1, -0.05) is 0 Å². The van der Waals surface area contributed by atoms with Crippen LogP contribution in [0.4, 0.5) is 0 Å². The molecule has 15 heavy (non-hydrogen) atoms. The minimum atomic E-state index is -0.497. The van der Waals surface area contributed by atoms with Gasteiger partial charge in [0.15, 0.2) is 6.10 Å². The van der Waals surface area contributed by atoms with Crippen molar-refractivity contribution in [2.24, 2.45) is 0 Å². The molecule has 0 bridgehead atoms. The summed E-state index contributed by atoms with van der Waals surface area (Å²) < 4.78 is 10.4. The molecule has 0 radical (unpaired) electrons. The fourth-order valence-corrected chi connectivity index (χ4v) is 1.12. The number of benzene rings is 1. The number of ether oxygens (including phenoxy) is 2. The highest BCUT2D eigenvalue weighted by molar-refractivity contribution is 5.80. The van der Waals surface area contributed by atoms with Crippen molar-refractivity contribution < 1.29 is 14.3 Å². The summed E-state index contributed by atoms with van der Waals surface area (Å²) in [5, 5.41) is 2.52. The molecule has 4 heteroatoms. The fourth-order valence-electron chi connectivity index (χ4n) is 1.12. The number of nitrogens with one attached hydrogen (secondary N) is 1. The van der Waals surface area contributed by atoms with E-state index in [1.54, 1.807) is 45.3 Å². The van der Waals surface area contributed by atoms with E-state index in [1.807, 2.05) is 0 Å². The van der Waals surface area contributed by atoms with Crippen molar-refractivity contribution in [1.82, 2.24) is 5.32 Å². The zero-order valence-electron chi connectivity index (χ0n) is 9.11. The summed E-state index contributed by atoms with van der Waals surface area (Å²) in [6.07, 6.45) is -0.497. The second kappa shape index (κ2) is 5.24. The number of amides is 1. The molecule has 4 nitrogen and oxygen atoms in total. The minimum Gasteiger partial charge on any atom is -0.497 e. The van der Waals surface area contributed by atoms with Crippen molar-refractivity contribution in [2.45, 2.75) is 13.0 Å². The average Bonchev–Trinajstić information content (AvgIpc) is 2.29. The molecule has 82 valence electrons. The molecular weight excluding hydrogens is 194 g/mol. The average molecular weight is 209 g/mol. The van der Waals surface area contributed by atoms with Gasteiger partial charge >= 0.3 is 0 Å². The molecule has 0 heterocycles. The van der Waals surface area contributed by atoms with E-state index in [0.29, 0.717) is 5.75 Å². The smallest absolute Gasteiger partial charge is 0.260 e. The van der Waals surface area contributed by atoms with Crippen LogP contribution in [0, 0.1) is 0 Å². The van der Waals surface area contributed by atoms with E-state index in [-0.39, 0.29) is 5.91 Å². The van der Waals surface area contributed by atoms with E-state index < -0.39 is 6.10 Å². The predicted octanol–water partition coefficient (Wildman–Crippen LogP) is 1.21. The first-order chi connectivity index (χ1) is 7.17. The number of rotatable bonds is 4. The van der Waals surface area contributed by atoms with Gasteiger partial charge in [0.2, 0.25) is 0 Å². The van der Waals surface area contributed by atoms with Crippen molar-refractivity contribution in [1.29, 1.82) is 0 Å². The van der Waals surface area contributed by atoms with Crippen molar-refractivity contribution in [3.8, 4) is 11.5 Å². The number of likely N-dealkylation sites (N-methyl/N-ethyl adjacent to an activating group) is 1. The highest BCUT2D eigenvalue weighted by Crippen LogP contribution is 2.17. The van der Waals surface area contributed by atoms with E-state index in [9.17, 15) is 4.79 Å². The van der Waals surface area contributed by atoms with Crippen LogP contribution in [0.2, 0.25) is 0 Å². The van der Waals surface area contributed by atoms with Gasteiger partial charge < -0.3 is 14.8 Å². The lowest BCUT2D eigenvalue weighted by molar-refractivity contribution is -0.126. The molecule has 1 aromatic rings. The molecule has 0 aliphatic rings. The monoisotopic (exact) mass is 209 g/mol. The number of hydrogen-bond donors (Lipinski definition) is 1. The molecule has 1 aromatic carbocycles. The van der Waals surface area contributed by atoms with Crippen molar-refractivity contribution in [3.05, 3.63) is 24.3 Å². The summed E-state index contributed by atoms with van der Waals surface area (Å²) in [5.74, 6) is 1.26. The molecule has 0 saturated heterocycles. The van der Waals surface area contributed by atoms with E-state index in [0.717, 1.165) is 5.75 Å². The lowest BCUT2D eigenvalue weighted by atomic mass is 10.3. The molecule has 0 unspecified atom stereocenters. The number of carbonyl (C=O) groups is 1. The van der Waals surface area contributed by atoms with E-state index >= 15 is 0 Å². The minimum absolute atomic E-state index is 0.147. The van der Waals surface area contributed by atoms with Gasteiger partial charge in [0.05, 0.1) is 7.11 Å². The first-order valence-corrected chi connectivity index (χ1v) is 4.69. The summed E-state index contributed by atoms with van der Waals surface area (Å²) >= 11 is 0. The third-order valence-corrected chi connectivity index (χ3v) is 1.99. The maximum absolute atomic E-state index is 11.2. The second-order valence-corrected chi connectivity index (χ2v) is 3.05. The molecular formula is C11H15NO3. The van der Waals surface area contributed by atoms with E-state index in [2.05, 4.69) is 5.32 Å².